The van der Waals surface area contributed by atoms with Crippen molar-refractivity contribution in [3.63, 3.8) is 0 Å². The molecule has 1 heterocycles. The molecule has 0 spiro atoms. The molecule has 104 valence electrons. The summed E-state index contributed by atoms with van der Waals surface area (Å²) >= 11 is 0. The molecule has 1 aliphatic rings. The quantitative estimate of drug-likeness (QED) is 0.851. The first-order chi connectivity index (χ1) is 9.74. The van der Waals surface area contributed by atoms with Crippen LogP contribution in [-0.2, 0) is 13.1 Å². The van der Waals surface area contributed by atoms with Gasteiger partial charge in [0, 0.05) is 31.9 Å². The predicted molar refractivity (Wildman–Crippen MR) is 85.1 cm³/mol. The normalized spacial score (nSPS) is 15.4. The molecule has 0 aromatic heterocycles. The van der Waals surface area contributed by atoms with Crippen LogP contribution in [0.2, 0.25) is 0 Å². The van der Waals surface area contributed by atoms with Gasteiger partial charge in [0.05, 0.1) is 0 Å². The van der Waals surface area contributed by atoms with Crippen molar-refractivity contribution in [1.29, 1.82) is 0 Å². The average molecular weight is 266 g/mol. The number of rotatable bonds is 1. The molecule has 0 saturated heterocycles. The van der Waals surface area contributed by atoms with Gasteiger partial charge in [0.25, 0.3) is 0 Å². The van der Waals surface area contributed by atoms with Crippen LogP contribution >= 0.6 is 0 Å². The molecule has 0 saturated carbocycles. The lowest BCUT2D eigenvalue weighted by Gasteiger charge is -2.30. The van der Waals surface area contributed by atoms with Gasteiger partial charge in [-0.05, 0) is 42.2 Å². The maximum absolute atomic E-state index is 3.54. The SMILES string of the molecule is Cc1ccc(C)c(N2CCNCc3ccccc3C2)c1. The summed E-state index contributed by atoms with van der Waals surface area (Å²) in [6, 6.07) is 15.5. The zero-order chi connectivity index (χ0) is 13.9. The summed E-state index contributed by atoms with van der Waals surface area (Å²) in [5, 5.41) is 3.54. The van der Waals surface area contributed by atoms with Gasteiger partial charge in [0.2, 0.25) is 0 Å². The van der Waals surface area contributed by atoms with Crippen molar-refractivity contribution in [2.45, 2.75) is 26.9 Å². The van der Waals surface area contributed by atoms with Gasteiger partial charge in [-0.3, -0.25) is 0 Å². The van der Waals surface area contributed by atoms with Crippen LogP contribution in [0.4, 0.5) is 5.69 Å². The van der Waals surface area contributed by atoms with Crippen molar-refractivity contribution in [2.75, 3.05) is 18.0 Å². The molecular weight excluding hydrogens is 244 g/mol. The number of benzene rings is 2. The second-order valence-electron chi connectivity index (χ2n) is 5.66. The Labute approximate surface area is 121 Å². The van der Waals surface area contributed by atoms with Gasteiger partial charge >= 0.3 is 0 Å². The fourth-order valence-electron chi connectivity index (χ4n) is 2.87. The van der Waals surface area contributed by atoms with Crippen molar-refractivity contribution in [2.24, 2.45) is 0 Å². The zero-order valence-electron chi connectivity index (χ0n) is 12.3. The molecule has 2 nitrogen and oxygen atoms in total. The van der Waals surface area contributed by atoms with Crippen LogP contribution in [-0.4, -0.2) is 13.1 Å². The zero-order valence-corrected chi connectivity index (χ0v) is 12.3. The van der Waals surface area contributed by atoms with Crippen LogP contribution in [0.3, 0.4) is 0 Å². The Balaban J connectivity index is 1.96. The van der Waals surface area contributed by atoms with Crippen LogP contribution in [0.1, 0.15) is 22.3 Å². The summed E-state index contributed by atoms with van der Waals surface area (Å²) < 4.78 is 0. The van der Waals surface area contributed by atoms with Crippen LogP contribution in [0, 0.1) is 13.8 Å². The molecule has 1 N–H and O–H groups in total. The molecule has 0 unspecified atom stereocenters. The lowest BCUT2D eigenvalue weighted by Crippen LogP contribution is -2.35. The van der Waals surface area contributed by atoms with Gasteiger partial charge in [-0.1, -0.05) is 36.4 Å². The standard InChI is InChI=1S/C18H22N2/c1-14-7-8-15(2)18(11-14)20-10-9-19-12-16-5-3-4-6-17(16)13-20/h3-8,11,19H,9-10,12-13H2,1-2H3. The van der Waals surface area contributed by atoms with Crippen molar-refractivity contribution >= 4 is 5.69 Å². The van der Waals surface area contributed by atoms with Gasteiger partial charge in [-0.2, -0.15) is 0 Å². The molecular formula is C18H22N2. The second kappa shape index (κ2) is 5.68. The Morgan fingerprint density at radius 1 is 1.00 bits per heavy atom. The van der Waals surface area contributed by atoms with Crippen molar-refractivity contribution < 1.29 is 0 Å². The van der Waals surface area contributed by atoms with Gasteiger partial charge in [-0.25, -0.2) is 0 Å². The highest BCUT2D eigenvalue weighted by molar-refractivity contribution is 5.55. The van der Waals surface area contributed by atoms with Crippen LogP contribution in [0.5, 0.6) is 0 Å². The van der Waals surface area contributed by atoms with E-state index in [-0.39, 0.29) is 0 Å². The van der Waals surface area contributed by atoms with Crippen molar-refractivity contribution in [3.8, 4) is 0 Å². The van der Waals surface area contributed by atoms with Gasteiger partial charge < -0.3 is 10.2 Å². The Morgan fingerprint density at radius 2 is 1.80 bits per heavy atom. The highest BCUT2D eigenvalue weighted by Gasteiger charge is 2.14. The lowest BCUT2D eigenvalue weighted by atomic mass is 10.0. The molecule has 0 bridgehead atoms. The fourth-order valence-corrected chi connectivity index (χ4v) is 2.87. The Morgan fingerprint density at radius 3 is 2.65 bits per heavy atom. The maximum atomic E-state index is 3.54. The first-order valence-corrected chi connectivity index (χ1v) is 7.34. The largest absolute Gasteiger partial charge is 0.366 e. The van der Waals surface area contributed by atoms with E-state index in [2.05, 4.69) is 66.5 Å². The minimum absolute atomic E-state index is 0.983. The summed E-state index contributed by atoms with van der Waals surface area (Å²) in [5.74, 6) is 0. The number of aryl methyl sites for hydroxylation is 2. The number of hydrogen-bond donors (Lipinski definition) is 1. The van der Waals surface area contributed by atoms with E-state index in [0.29, 0.717) is 0 Å². The molecule has 0 amide bonds. The van der Waals surface area contributed by atoms with E-state index < -0.39 is 0 Å². The van der Waals surface area contributed by atoms with E-state index in [1.54, 1.807) is 0 Å². The third-order valence-corrected chi connectivity index (χ3v) is 4.06. The molecule has 0 aliphatic carbocycles. The third-order valence-electron chi connectivity index (χ3n) is 4.06. The molecule has 3 rings (SSSR count). The van der Waals surface area contributed by atoms with E-state index in [1.807, 2.05) is 0 Å². The van der Waals surface area contributed by atoms with Crippen molar-refractivity contribution in [3.05, 3.63) is 64.7 Å². The van der Waals surface area contributed by atoms with E-state index in [9.17, 15) is 0 Å². The molecule has 1 aliphatic heterocycles. The van der Waals surface area contributed by atoms with Crippen LogP contribution in [0.25, 0.3) is 0 Å². The summed E-state index contributed by atoms with van der Waals surface area (Å²) in [6.45, 7) is 8.44. The first kappa shape index (κ1) is 13.2. The Hall–Kier alpha value is -1.80. The van der Waals surface area contributed by atoms with E-state index in [0.717, 1.165) is 26.2 Å². The smallest absolute Gasteiger partial charge is 0.0433 e. The molecule has 0 fully saturated rings. The number of anilines is 1. The van der Waals surface area contributed by atoms with E-state index in [4.69, 9.17) is 0 Å². The molecule has 0 atom stereocenters. The van der Waals surface area contributed by atoms with Gasteiger partial charge in [-0.15, -0.1) is 0 Å². The summed E-state index contributed by atoms with van der Waals surface area (Å²) in [5.41, 5.74) is 6.90. The highest BCUT2D eigenvalue weighted by Crippen LogP contribution is 2.25. The van der Waals surface area contributed by atoms with Crippen LogP contribution < -0.4 is 10.2 Å². The number of hydrogen-bond acceptors (Lipinski definition) is 2. The predicted octanol–water partition coefficient (Wildman–Crippen LogP) is 3.41. The summed E-state index contributed by atoms with van der Waals surface area (Å²) in [4.78, 5) is 2.49. The number of nitrogens with one attached hydrogen (secondary N) is 1. The highest BCUT2D eigenvalue weighted by atomic mass is 15.1. The topological polar surface area (TPSA) is 15.3 Å². The minimum atomic E-state index is 0.983. The molecule has 0 radical (unpaired) electrons. The third kappa shape index (κ3) is 2.70. The monoisotopic (exact) mass is 266 g/mol. The molecule has 20 heavy (non-hydrogen) atoms. The minimum Gasteiger partial charge on any atom is -0.366 e. The lowest BCUT2D eigenvalue weighted by molar-refractivity contribution is 0.630. The average Bonchev–Trinajstić information content (AvgIpc) is 2.43. The first-order valence-electron chi connectivity index (χ1n) is 7.34. The molecule has 2 aromatic rings. The number of fused-ring (bicyclic) bond motifs is 1. The maximum Gasteiger partial charge on any atom is 0.0433 e. The summed E-state index contributed by atoms with van der Waals surface area (Å²) in [6.07, 6.45) is 0. The second-order valence-corrected chi connectivity index (χ2v) is 5.66. The van der Waals surface area contributed by atoms with Crippen LogP contribution in [0.15, 0.2) is 42.5 Å². The number of nitrogens with zero attached hydrogens (tertiary/aromatic N) is 1. The fraction of sp³-hybridized carbons (Fsp3) is 0.333. The van der Waals surface area contributed by atoms with Gasteiger partial charge in [0.15, 0.2) is 0 Å². The molecule has 2 aromatic carbocycles. The van der Waals surface area contributed by atoms with E-state index >= 15 is 0 Å². The van der Waals surface area contributed by atoms with Crippen molar-refractivity contribution in [1.82, 2.24) is 5.32 Å². The Bertz CT molecular complexity index is 604. The van der Waals surface area contributed by atoms with Gasteiger partial charge in [0.1, 0.15) is 0 Å². The molecule has 2 heteroatoms. The van der Waals surface area contributed by atoms with E-state index in [1.165, 1.54) is 27.9 Å². The Kier molecular flexibility index (Phi) is 3.75. The summed E-state index contributed by atoms with van der Waals surface area (Å²) in [7, 11) is 0.